The molecule has 28 heavy (non-hydrogen) atoms. The Labute approximate surface area is 168 Å². The molecule has 0 aromatic heterocycles. The van der Waals surface area contributed by atoms with Crippen LogP contribution in [-0.2, 0) is 9.47 Å². The summed E-state index contributed by atoms with van der Waals surface area (Å²) in [5, 5.41) is 3.77. The van der Waals surface area contributed by atoms with E-state index in [4.69, 9.17) is 14.2 Å². The minimum absolute atomic E-state index is 0.195. The van der Waals surface area contributed by atoms with Crippen LogP contribution >= 0.6 is 0 Å². The highest BCUT2D eigenvalue weighted by molar-refractivity contribution is 5.68. The molecule has 1 unspecified atom stereocenters. The highest BCUT2D eigenvalue weighted by atomic mass is 16.6. The lowest BCUT2D eigenvalue weighted by molar-refractivity contribution is -0.0607. The molecule has 3 rings (SSSR count). The lowest BCUT2D eigenvalue weighted by Crippen LogP contribution is -2.56. The molecule has 1 spiro atoms. The van der Waals surface area contributed by atoms with Crippen LogP contribution in [0.4, 0.5) is 4.79 Å². The number of methoxy groups -OCH3 is 1. The Balaban J connectivity index is 1.59. The summed E-state index contributed by atoms with van der Waals surface area (Å²) in [7, 11) is 1.68. The third-order valence-electron chi connectivity index (χ3n) is 5.76. The predicted molar refractivity (Wildman–Crippen MR) is 109 cm³/mol. The summed E-state index contributed by atoms with van der Waals surface area (Å²) in [4.78, 5) is 14.2. The summed E-state index contributed by atoms with van der Waals surface area (Å²) in [5.74, 6) is 0.867. The molecule has 2 saturated heterocycles. The van der Waals surface area contributed by atoms with Gasteiger partial charge in [-0.3, -0.25) is 0 Å². The number of nitrogens with zero attached hydrogens (tertiary/aromatic N) is 1. The second-order valence-corrected chi connectivity index (χ2v) is 8.88. The van der Waals surface area contributed by atoms with Gasteiger partial charge in [0.05, 0.1) is 12.7 Å². The van der Waals surface area contributed by atoms with Gasteiger partial charge in [-0.25, -0.2) is 4.79 Å². The fourth-order valence-electron chi connectivity index (χ4n) is 4.16. The number of piperidine rings is 1. The van der Waals surface area contributed by atoms with Crippen molar-refractivity contribution < 1.29 is 19.0 Å². The van der Waals surface area contributed by atoms with Crippen molar-refractivity contribution in [1.29, 1.82) is 0 Å². The van der Waals surface area contributed by atoms with Gasteiger partial charge in [0.2, 0.25) is 0 Å². The number of ether oxygens (including phenoxy) is 3. The highest BCUT2D eigenvalue weighted by Crippen LogP contribution is 2.37. The van der Waals surface area contributed by atoms with Gasteiger partial charge in [-0.2, -0.15) is 0 Å². The number of hydrogen-bond donors (Lipinski definition) is 1. The summed E-state index contributed by atoms with van der Waals surface area (Å²) < 4.78 is 17.0. The number of benzene rings is 1. The van der Waals surface area contributed by atoms with Gasteiger partial charge in [-0.1, -0.05) is 12.1 Å². The molecule has 2 aliphatic heterocycles. The van der Waals surface area contributed by atoms with Gasteiger partial charge in [-0.15, -0.1) is 0 Å². The molecule has 0 radical (unpaired) electrons. The van der Waals surface area contributed by atoms with E-state index in [1.165, 1.54) is 5.56 Å². The normalized spacial score (nSPS) is 22.9. The number of amides is 1. The molecule has 1 aromatic rings. The minimum Gasteiger partial charge on any atom is -0.497 e. The standard InChI is InChI=1S/C22H34N2O4/c1-16(17-6-8-18(26-5)9-7-17)23-19-10-15-27-22(19)11-13-24(14-12-22)20(25)28-21(2,3)4/h6-9,16,19,23H,10-15H2,1-5H3/t16-,19?/m1/s1. The molecule has 6 heteroatoms. The first-order valence-corrected chi connectivity index (χ1v) is 10.2. The highest BCUT2D eigenvalue weighted by Gasteiger charge is 2.47. The Kier molecular flexibility index (Phi) is 6.20. The average molecular weight is 391 g/mol. The summed E-state index contributed by atoms with van der Waals surface area (Å²) in [5.41, 5.74) is 0.571. The van der Waals surface area contributed by atoms with E-state index in [1.54, 1.807) is 7.11 Å². The van der Waals surface area contributed by atoms with Crippen molar-refractivity contribution in [1.82, 2.24) is 10.2 Å². The van der Waals surface area contributed by atoms with Crippen LogP contribution < -0.4 is 10.1 Å². The number of nitrogens with one attached hydrogen (secondary N) is 1. The number of hydrogen-bond acceptors (Lipinski definition) is 5. The van der Waals surface area contributed by atoms with Gasteiger partial charge in [0.25, 0.3) is 0 Å². The lowest BCUT2D eigenvalue weighted by atomic mass is 9.84. The molecule has 1 aromatic carbocycles. The Morgan fingerprint density at radius 3 is 2.46 bits per heavy atom. The topological polar surface area (TPSA) is 60.0 Å². The fourth-order valence-corrected chi connectivity index (χ4v) is 4.16. The molecule has 2 aliphatic rings. The first kappa shape index (κ1) is 20.9. The van der Waals surface area contributed by atoms with E-state index in [1.807, 2.05) is 37.8 Å². The molecular formula is C22H34N2O4. The van der Waals surface area contributed by atoms with E-state index in [0.717, 1.165) is 31.6 Å². The predicted octanol–water partition coefficient (Wildman–Crippen LogP) is 3.90. The van der Waals surface area contributed by atoms with Crippen molar-refractivity contribution in [3.8, 4) is 5.75 Å². The van der Waals surface area contributed by atoms with E-state index in [9.17, 15) is 4.79 Å². The van der Waals surface area contributed by atoms with Crippen molar-refractivity contribution >= 4 is 6.09 Å². The summed E-state index contributed by atoms with van der Waals surface area (Å²) in [6.07, 6.45) is 2.43. The Bertz CT molecular complexity index is 660. The van der Waals surface area contributed by atoms with Gasteiger partial charge in [0, 0.05) is 31.8 Å². The van der Waals surface area contributed by atoms with Crippen LogP contribution in [0.2, 0.25) is 0 Å². The Morgan fingerprint density at radius 1 is 1.25 bits per heavy atom. The zero-order chi connectivity index (χ0) is 20.4. The van der Waals surface area contributed by atoms with Crippen molar-refractivity contribution in [2.24, 2.45) is 0 Å². The molecule has 2 fully saturated rings. The number of likely N-dealkylation sites (tertiary alicyclic amines) is 1. The van der Waals surface area contributed by atoms with Crippen LogP contribution in [0.25, 0.3) is 0 Å². The van der Waals surface area contributed by atoms with E-state index < -0.39 is 5.60 Å². The first-order chi connectivity index (χ1) is 13.2. The molecule has 1 N–H and O–H groups in total. The minimum atomic E-state index is -0.464. The molecule has 1 amide bonds. The fraction of sp³-hybridized carbons (Fsp3) is 0.682. The summed E-state index contributed by atoms with van der Waals surface area (Å²) in [6.45, 7) is 9.99. The van der Waals surface area contributed by atoms with E-state index in [0.29, 0.717) is 13.1 Å². The van der Waals surface area contributed by atoms with Crippen molar-refractivity contribution in [3.05, 3.63) is 29.8 Å². The lowest BCUT2D eigenvalue weighted by Gasteiger charge is -2.43. The van der Waals surface area contributed by atoms with Crippen molar-refractivity contribution in [2.45, 2.75) is 70.2 Å². The average Bonchev–Trinajstić information content (AvgIpc) is 3.02. The van der Waals surface area contributed by atoms with Crippen molar-refractivity contribution in [3.63, 3.8) is 0 Å². The number of carbonyl (C=O) groups excluding carboxylic acids is 1. The van der Waals surface area contributed by atoms with Gasteiger partial charge in [0.15, 0.2) is 0 Å². The van der Waals surface area contributed by atoms with Crippen LogP contribution in [0.1, 0.15) is 58.6 Å². The molecular weight excluding hydrogens is 356 g/mol. The van der Waals surface area contributed by atoms with Crippen LogP contribution in [0.15, 0.2) is 24.3 Å². The molecule has 0 saturated carbocycles. The third-order valence-corrected chi connectivity index (χ3v) is 5.76. The van der Waals surface area contributed by atoms with E-state index in [2.05, 4.69) is 24.4 Å². The quantitative estimate of drug-likeness (QED) is 0.845. The Morgan fingerprint density at radius 2 is 1.89 bits per heavy atom. The first-order valence-electron chi connectivity index (χ1n) is 10.2. The molecule has 2 atom stereocenters. The van der Waals surface area contributed by atoms with Gasteiger partial charge >= 0.3 is 6.09 Å². The van der Waals surface area contributed by atoms with Gasteiger partial charge in [-0.05, 0) is 64.7 Å². The zero-order valence-corrected chi connectivity index (χ0v) is 17.8. The maximum atomic E-state index is 12.4. The molecule has 2 heterocycles. The largest absolute Gasteiger partial charge is 0.497 e. The van der Waals surface area contributed by atoms with Gasteiger partial charge in [0.1, 0.15) is 11.4 Å². The zero-order valence-electron chi connectivity index (χ0n) is 17.8. The maximum Gasteiger partial charge on any atom is 0.410 e. The van der Waals surface area contributed by atoms with Crippen LogP contribution in [-0.4, -0.2) is 55.0 Å². The maximum absolute atomic E-state index is 12.4. The summed E-state index contributed by atoms with van der Waals surface area (Å²) in [6, 6.07) is 8.69. The molecule has 0 bridgehead atoms. The van der Waals surface area contributed by atoms with E-state index >= 15 is 0 Å². The SMILES string of the molecule is COc1ccc([C@@H](C)NC2CCOC23CCN(C(=O)OC(C)(C)C)CC3)cc1. The summed E-state index contributed by atoms with van der Waals surface area (Å²) >= 11 is 0. The number of rotatable bonds is 4. The Hall–Kier alpha value is -1.79. The molecule has 0 aliphatic carbocycles. The van der Waals surface area contributed by atoms with Gasteiger partial charge < -0.3 is 24.4 Å². The smallest absolute Gasteiger partial charge is 0.410 e. The van der Waals surface area contributed by atoms with Crippen LogP contribution in [0, 0.1) is 0 Å². The molecule has 156 valence electrons. The second kappa shape index (κ2) is 8.29. The van der Waals surface area contributed by atoms with E-state index in [-0.39, 0.29) is 23.8 Å². The van der Waals surface area contributed by atoms with Crippen LogP contribution in [0.3, 0.4) is 0 Å². The second-order valence-electron chi connectivity index (χ2n) is 8.88. The van der Waals surface area contributed by atoms with Crippen LogP contribution in [0.5, 0.6) is 5.75 Å². The monoisotopic (exact) mass is 390 g/mol. The third kappa shape index (κ3) is 4.78. The van der Waals surface area contributed by atoms with Crippen molar-refractivity contribution in [2.75, 3.05) is 26.8 Å². The number of carbonyl (C=O) groups is 1. The molecule has 6 nitrogen and oxygen atoms in total.